The smallest absolute Gasteiger partial charge is 0.251 e. The van der Waals surface area contributed by atoms with Crippen LogP contribution in [0.15, 0.2) is 23.0 Å². The quantitative estimate of drug-likeness (QED) is 0.906. The van der Waals surface area contributed by atoms with E-state index in [1.54, 1.807) is 0 Å². The Morgan fingerprint density at radius 1 is 1.35 bits per heavy atom. The Hall–Kier alpha value is -2.14. The molecular weight excluding hydrogens is 292 g/mol. The second-order valence-corrected chi connectivity index (χ2v) is 6.21. The standard InChI is InChI=1S/C18H22N2O3/c1-11-8-12(2)16-14(9-11)10-13(17(21)20-16)5-6-19-18(22)15-4-3-7-23-15/h8-10,15H,3-7H2,1-2H3,(H,19,22)(H,20,21). The molecule has 0 bridgehead atoms. The first kappa shape index (κ1) is 15.7. The zero-order valence-corrected chi connectivity index (χ0v) is 13.6. The van der Waals surface area contributed by atoms with E-state index in [2.05, 4.69) is 22.4 Å². The summed E-state index contributed by atoms with van der Waals surface area (Å²) in [5.41, 5.74) is 3.72. The molecule has 0 saturated carbocycles. The Bertz CT molecular complexity index is 789. The van der Waals surface area contributed by atoms with E-state index in [1.165, 1.54) is 5.56 Å². The van der Waals surface area contributed by atoms with E-state index in [0.29, 0.717) is 25.1 Å². The van der Waals surface area contributed by atoms with Gasteiger partial charge in [0.15, 0.2) is 0 Å². The van der Waals surface area contributed by atoms with Gasteiger partial charge < -0.3 is 15.0 Å². The fraction of sp³-hybridized carbons (Fsp3) is 0.444. The SMILES string of the molecule is Cc1cc(C)c2[nH]c(=O)c(CCNC(=O)C3CCCO3)cc2c1. The molecule has 5 nitrogen and oxygen atoms in total. The molecule has 122 valence electrons. The number of aryl methyl sites for hydroxylation is 2. The summed E-state index contributed by atoms with van der Waals surface area (Å²) < 4.78 is 5.35. The highest BCUT2D eigenvalue weighted by molar-refractivity contribution is 5.83. The molecule has 1 atom stereocenters. The van der Waals surface area contributed by atoms with Crippen LogP contribution in [-0.4, -0.2) is 30.1 Å². The maximum Gasteiger partial charge on any atom is 0.251 e. The van der Waals surface area contributed by atoms with Crippen molar-refractivity contribution in [3.63, 3.8) is 0 Å². The number of fused-ring (bicyclic) bond motifs is 1. The highest BCUT2D eigenvalue weighted by Crippen LogP contribution is 2.18. The van der Waals surface area contributed by atoms with E-state index in [9.17, 15) is 9.59 Å². The normalized spacial score (nSPS) is 17.6. The maximum atomic E-state index is 12.2. The minimum atomic E-state index is -0.324. The number of pyridine rings is 1. The molecular formula is C18H22N2O3. The van der Waals surface area contributed by atoms with Gasteiger partial charge in [0.05, 0.1) is 5.52 Å². The van der Waals surface area contributed by atoms with Crippen LogP contribution >= 0.6 is 0 Å². The van der Waals surface area contributed by atoms with Gasteiger partial charge in [-0.1, -0.05) is 11.6 Å². The van der Waals surface area contributed by atoms with Crippen molar-refractivity contribution < 1.29 is 9.53 Å². The molecule has 3 rings (SSSR count). The maximum absolute atomic E-state index is 12.2. The molecule has 1 aromatic heterocycles. The predicted molar refractivity (Wildman–Crippen MR) is 89.7 cm³/mol. The van der Waals surface area contributed by atoms with Gasteiger partial charge in [-0.2, -0.15) is 0 Å². The number of carbonyl (C=O) groups excluding carboxylic acids is 1. The Morgan fingerprint density at radius 2 is 2.17 bits per heavy atom. The molecule has 0 aliphatic carbocycles. The van der Waals surface area contributed by atoms with Gasteiger partial charge in [-0.3, -0.25) is 9.59 Å². The number of rotatable bonds is 4. The van der Waals surface area contributed by atoms with Gasteiger partial charge in [0, 0.05) is 18.7 Å². The first-order chi connectivity index (χ1) is 11.0. The van der Waals surface area contributed by atoms with Gasteiger partial charge in [0.2, 0.25) is 5.91 Å². The molecule has 1 amide bonds. The molecule has 1 aromatic carbocycles. The van der Waals surface area contributed by atoms with Gasteiger partial charge in [-0.15, -0.1) is 0 Å². The molecule has 23 heavy (non-hydrogen) atoms. The lowest BCUT2D eigenvalue weighted by Gasteiger charge is -2.11. The number of carbonyl (C=O) groups is 1. The van der Waals surface area contributed by atoms with E-state index in [1.807, 2.05) is 19.9 Å². The lowest BCUT2D eigenvalue weighted by molar-refractivity contribution is -0.129. The first-order valence-electron chi connectivity index (χ1n) is 8.07. The second kappa shape index (κ2) is 6.54. The zero-order chi connectivity index (χ0) is 16.4. The van der Waals surface area contributed by atoms with E-state index >= 15 is 0 Å². The summed E-state index contributed by atoms with van der Waals surface area (Å²) in [6.45, 7) is 5.13. The van der Waals surface area contributed by atoms with Gasteiger partial charge in [-0.05, 0) is 56.2 Å². The largest absolute Gasteiger partial charge is 0.368 e. The number of aromatic amines is 1. The van der Waals surface area contributed by atoms with Crippen molar-refractivity contribution in [3.05, 3.63) is 45.2 Å². The summed E-state index contributed by atoms with van der Waals surface area (Å²) in [6, 6.07) is 6.04. The van der Waals surface area contributed by atoms with Crippen LogP contribution in [0.3, 0.4) is 0 Å². The number of hydrogen-bond acceptors (Lipinski definition) is 3. The van der Waals surface area contributed by atoms with E-state index in [4.69, 9.17) is 4.74 Å². The average molecular weight is 314 g/mol. The molecule has 1 aliphatic rings. The zero-order valence-electron chi connectivity index (χ0n) is 13.6. The average Bonchev–Trinajstić information content (AvgIpc) is 3.03. The summed E-state index contributed by atoms with van der Waals surface area (Å²) >= 11 is 0. The van der Waals surface area contributed by atoms with Crippen LogP contribution in [0, 0.1) is 13.8 Å². The highest BCUT2D eigenvalue weighted by Gasteiger charge is 2.22. The van der Waals surface area contributed by atoms with Crippen LogP contribution in [0.4, 0.5) is 0 Å². The molecule has 5 heteroatoms. The third-order valence-corrected chi connectivity index (χ3v) is 4.29. The second-order valence-electron chi connectivity index (χ2n) is 6.21. The van der Waals surface area contributed by atoms with Crippen LogP contribution < -0.4 is 10.9 Å². The van der Waals surface area contributed by atoms with E-state index < -0.39 is 0 Å². The van der Waals surface area contributed by atoms with Crippen LogP contribution in [0.5, 0.6) is 0 Å². The lowest BCUT2D eigenvalue weighted by Crippen LogP contribution is -2.35. The Balaban J connectivity index is 1.71. The summed E-state index contributed by atoms with van der Waals surface area (Å²) in [6.07, 6.45) is 1.90. The summed E-state index contributed by atoms with van der Waals surface area (Å²) in [5, 5.41) is 3.88. The third-order valence-electron chi connectivity index (χ3n) is 4.29. The van der Waals surface area contributed by atoms with Crippen molar-refractivity contribution in [2.75, 3.05) is 13.2 Å². The van der Waals surface area contributed by atoms with E-state index in [0.717, 1.165) is 29.3 Å². The highest BCUT2D eigenvalue weighted by atomic mass is 16.5. The fourth-order valence-electron chi connectivity index (χ4n) is 3.14. The van der Waals surface area contributed by atoms with Crippen molar-refractivity contribution >= 4 is 16.8 Å². The Labute approximate surface area is 135 Å². The Kier molecular flexibility index (Phi) is 4.48. The number of aromatic nitrogens is 1. The molecule has 1 saturated heterocycles. The molecule has 2 N–H and O–H groups in total. The number of benzene rings is 1. The molecule has 0 radical (unpaired) electrons. The minimum Gasteiger partial charge on any atom is -0.368 e. The van der Waals surface area contributed by atoms with Crippen molar-refractivity contribution in [1.29, 1.82) is 0 Å². The van der Waals surface area contributed by atoms with Crippen molar-refractivity contribution in [3.8, 4) is 0 Å². The number of H-pyrrole nitrogens is 1. The first-order valence-corrected chi connectivity index (χ1v) is 8.07. The fourth-order valence-corrected chi connectivity index (χ4v) is 3.14. The minimum absolute atomic E-state index is 0.0774. The summed E-state index contributed by atoms with van der Waals surface area (Å²) in [7, 11) is 0. The number of amides is 1. The topological polar surface area (TPSA) is 71.2 Å². The lowest BCUT2D eigenvalue weighted by atomic mass is 10.0. The number of ether oxygens (including phenoxy) is 1. The molecule has 1 aliphatic heterocycles. The monoisotopic (exact) mass is 314 g/mol. The Morgan fingerprint density at radius 3 is 2.91 bits per heavy atom. The molecule has 1 fully saturated rings. The van der Waals surface area contributed by atoms with Crippen LogP contribution in [0.25, 0.3) is 10.9 Å². The van der Waals surface area contributed by atoms with Crippen LogP contribution in [0.2, 0.25) is 0 Å². The van der Waals surface area contributed by atoms with Crippen LogP contribution in [0.1, 0.15) is 29.5 Å². The van der Waals surface area contributed by atoms with Gasteiger partial charge in [-0.25, -0.2) is 0 Å². The van der Waals surface area contributed by atoms with Crippen molar-refractivity contribution in [2.24, 2.45) is 0 Å². The van der Waals surface area contributed by atoms with Crippen LogP contribution in [-0.2, 0) is 16.0 Å². The van der Waals surface area contributed by atoms with Crippen molar-refractivity contribution in [1.82, 2.24) is 10.3 Å². The molecule has 1 unspecified atom stereocenters. The van der Waals surface area contributed by atoms with E-state index in [-0.39, 0.29) is 17.6 Å². The number of hydrogen-bond donors (Lipinski definition) is 2. The van der Waals surface area contributed by atoms with Gasteiger partial charge in [0.25, 0.3) is 5.56 Å². The molecule has 2 heterocycles. The predicted octanol–water partition coefficient (Wildman–Crippen LogP) is 1.98. The molecule has 2 aromatic rings. The van der Waals surface area contributed by atoms with Gasteiger partial charge in [0.1, 0.15) is 6.10 Å². The molecule has 0 spiro atoms. The van der Waals surface area contributed by atoms with Gasteiger partial charge >= 0.3 is 0 Å². The summed E-state index contributed by atoms with van der Waals surface area (Å²) in [5.74, 6) is -0.0774. The number of nitrogens with one attached hydrogen (secondary N) is 2. The summed E-state index contributed by atoms with van der Waals surface area (Å²) in [4.78, 5) is 27.1. The van der Waals surface area contributed by atoms with Crippen molar-refractivity contribution in [2.45, 2.75) is 39.2 Å². The third kappa shape index (κ3) is 3.45.